The van der Waals surface area contributed by atoms with Gasteiger partial charge in [0, 0.05) is 12.6 Å². The molecule has 15 heavy (non-hydrogen) atoms. The van der Waals surface area contributed by atoms with Gasteiger partial charge < -0.3 is 14.8 Å². The fourth-order valence-electron chi connectivity index (χ4n) is 0.890. The van der Waals surface area contributed by atoms with Crippen molar-refractivity contribution in [2.75, 3.05) is 26.4 Å². The van der Waals surface area contributed by atoms with Gasteiger partial charge in [0.05, 0.1) is 19.1 Å². The highest BCUT2D eigenvalue weighted by molar-refractivity contribution is 5.71. The lowest BCUT2D eigenvalue weighted by atomic mass is 10.2. The maximum atomic E-state index is 11.0. The van der Waals surface area contributed by atoms with Gasteiger partial charge in [-0.2, -0.15) is 0 Å². The Morgan fingerprint density at radius 3 is 2.33 bits per heavy atom. The predicted octanol–water partition coefficient (Wildman–Crippen LogP) is 1.20. The molecule has 0 aromatic carbocycles. The molecule has 90 valence electrons. The van der Waals surface area contributed by atoms with Gasteiger partial charge in [0.25, 0.3) is 0 Å². The molecule has 0 radical (unpaired) electrons. The number of hydrogen-bond acceptors (Lipinski definition) is 4. The Labute approximate surface area is 92.3 Å². The van der Waals surface area contributed by atoms with Crippen molar-refractivity contribution < 1.29 is 14.3 Å². The lowest BCUT2D eigenvalue weighted by Crippen LogP contribution is -2.27. The van der Waals surface area contributed by atoms with Crippen LogP contribution in [-0.2, 0) is 14.3 Å². The molecule has 4 heteroatoms. The number of esters is 1. The first-order chi connectivity index (χ1) is 7.04. The Kier molecular flexibility index (Phi) is 8.33. The van der Waals surface area contributed by atoms with Crippen molar-refractivity contribution >= 4 is 5.97 Å². The second-order valence-electron chi connectivity index (χ2n) is 4.04. The van der Waals surface area contributed by atoms with Crippen LogP contribution in [0.15, 0.2) is 0 Å². The largest absolute Gasteiger partial charge is 0.463 e. The van der Waals surface area contributed by atoms with Crippen molar-refractivity contribution in [1.82, 2.24) is 5.32 Å². The predicted molar refractivity (Wildman–Crippen MR) is 59.8 cm³/mol. The maximum absolute atomic E-state index is 11.0. The first-order valence-electron chi connectivity index (χ1n) is 5.51. The highest BCUT2D eigenvalue weighted by atomic mass is 16.6. The minimum absolute atomic E-state index is 0.0624. The Balaban J connectivity index is 3.15. The molecule has 0 saturated carbocycles. The van der Waals surface area contributed by atoms with Crippen LogP contribution >= 0.6 is 0 Å². The van der Waals surface area contributed by atoms with Crippen LogP contribution in [0.1, 0.15) is 27.7 Å². The van der Waals surface area contributed by atoms with Crippen LogP contribution in [0.5, 0.6) is 0 Å². The van der Waals surface area contributed by atoms with Crippen molar-refractivity contribution in [1.29, 1.82) is 0 Å². The number of hydrogen-bond donors (Lipinski definition) is 1. The average molecular weight is 217 g/mol. The quantitative estimate of drug-likeness (QED) is 0.490. The van der Waals surface area contributed by atoms with Crippen LogP contribution in [-0.4, -0.2) is 38.4 Å². The molecule has 0 bridgehead atoms. The summed E-state index contributed by atoms with van der Waals surface area (Å²) in [7, 11) is 0. The fraction of sp³-hybridized carbons (Fsp3) is 0.909. The standard InChI is InChI=1S/C11H23NO3/c1-9(2)11(13)15-8-7-14-6-5-12-10(3)4/h9-10,12H,5-8H2,1-4H3. The zero-order valence-electron chi connectivity index (χ0n) is 10.2. The van der Waals surface area contributed by atoms with Crippen LogP contribution in [0.25, 0.3) is 0 Å². The number of carbonyl (C=O) groups is 1. The van der Waals surface area contributed by atoms with E-state index in [0.717, 1.165) is 6.54 Å². The number of rotatable bonds is 8. The summed E-state index contributed by atoms with van der Waals surface area (Å²) < 4.78 is 10.2. The van der Waals surface area contributed by atoms with Crippen LogP contribution in [0, 0.1) is 5.92 Å². The third kappa shape index (κ3) is 9.69. The molecule has 0 unspecified atom stereocenters. The molecular formula is C11H23NO3. The molecule has 0 aromatic heterocycles. The Bertz CT molecular complexity index is 169. The van der Waals surface area contributed by atoms with E-state index in [0.29, 0.717) is 25.9 Å². The molecule has 0 atom stereocenters. The van der Waals surface area contributed by atoms with E-state index < -0.39 is 0 Å². The summed E-state index contributed by atoms with van der Waals surface area (Å²) in [6.45, 7) is 10.1. The van der Waals surface area contributed by atoms with Gasteiger partial charge in [-0.05, 0) is 0 Å². The third-order valence-corrected chi connectivity index (χ3v) is 1.74. The molecule has 0 saturated heterocycles. The SMILES string of the molecule is CC(C)NCCOCCOC(=O)C(C)C. The summed E-state index contributed by atoms with van der Waals surface area (Å²) in [5.41, 5.74) is 0. The highest BCUT2D eigenvalue weighted by Crippen LogP contribution is 1.94. The summed E-state index contributed by atoms with van der Waals surface area (Å²) in [6, 6.07) is 0.479. The van der Waals surface area contributed by atoms with Crippen LogP contribution in [0.3, 0.4) is 0 Å². The van der Waals surface area contributed by atoms with Gasteiger partial charge >= 0.3 is 5.97 Å². The number of ether oxygens (including phenoxy) is 2. The van der Waals surface area contributed by atoms with Crippen molar-refractivity contribution in [3.63, 3.8) is 0 Å². The van der Waals surface area contributed by atoms with Gasteiger partial charge in [0.2, 0.25) is 0 Å². The minimum atomic E-state index is -0.168. The molecule has 0 aliphatic heterocycles. The van der Waals surface area contributed by atoms with Gasteiger partial charge in [-0.1, -0.05) is 27.7 Å². The second-order valence-corrected chi connectivity index (χ2v) is 4.04. The molecule has 0 spiro atoms. The molecule has 0 aromatic rings. The Morgan fingerprint density at radius 1 is 1.13 bits per heavy atom. The average Bonchev–Trinajstić information content (AvgIpc) is 2.15. The summed E-state index contributed by atoms with van der Waals surface area (Å²) in [5, 5.41) is 3.23. The first kappa shape index (κ1) is 14.4. The summed E-state index contributed by atoms with van der Waals surface area (Å²) >= 11 is 0. The van der Waals surface area contributed by atoms with Gasteiger partial charge in [-0.25, -0.2) is 0 Å². The fourth-order valence-corrected chi connectivity index (χ4v) is 0.890. The molecular weight excluding hydrogens is 194 g/mol. The van der Waals surface area contributed by atoms with E-state index in [1.165, 1.54) is 0 Å². The molecule has 0 heterocycles. The molecule has 0 rings (SSSR count). The van der Waals surface area contributed by atoms with Crippen LogP contribution in [0.4, 0.5) is 0 Å². The summed E-state index contributed by atoms with van der Waals surface area (Å²) in [4.78, 5) is 11.0. The van der Waals surface area contributed by atoms with Gasteiger partial charge in [0.15, 0.2) is 0 Å². The van der Waals surface area contributed by atoms with E-state index in [-0.39, 0.29) is 11.9 Å². The lowest BCUT2D eigenvalue weighted by Gasteiger charge is -2.09. The van der Waals surface area contributed by atoms with Gasteiger partial charge in [0.1, 0.15) is 6.61 Å². The van der Waals surface area contributed by atoms with Gasteiger partial charge in [-0.15, -0.1) is 0 Å². The van der Waals surface area contributed by atoms with E-state index in [9.17, 15) is 4.79 Å². The highest BCUT2D eigenvalue weighted by Gasteiger charge is 2.06. The molecule has 0 aliphatic rings. The number of carbonyl (C=O) groups excluding carboxylic acids is 1. The maximum Gasteiger partial charge on any atom is 0.308 e. The Hall–Kier alpha value is -0.610. The summed E-state index contributed by atoms with van der Waals surface area (Å²) in [5.74, 6) is -0.230. The molecule has 1 N–H and O–H groups in total. The molecule has 0 amide bonds. The molecule has 0 fully saturated rings. The smallest absolute Gasteiger partial charge is 0.308 e. The van der Waals surface area contributed by atoms with E-state index in [1.54, 1.807) is 0 Å². The lowest BCUT2D eigenvalue weighted by molar-refractivity contribution is -0.148. The van der Waals surface area contributed by atoms with Crippen LogP contribution in [0.2, 0.25) is 0 Å². The van der Waals surface area contributed by atoms with Gasteiger partial charge in [-0.3, -0.25) is 4.79 Å². The van der Waals surface area contributed by atoms with E-state index in [1.807, 2.05) is 13.8 Å². The van der Waals surface area contributed by atoms with Crippen molar-refractivity contribution in [3.05, 3.63) is 0 Å². The zero-order chi connectivity index (χ0) is 11.7. The zero-order valence-corrected chi connectivity index (χ0v) is 10.2. The third-order valence-electron chi connectivity index (χ3n) is 1.74. The molecule has 4 nitrogen and oxygen atoms in total. The van der Waals surface area contributed by atoms with E-state index in [2.05, 4.69) is 19.2 Å². The first-order valence-corrected chi connectivity index (χ1v) is 5.51. The van der Waals surface area contributed by atoms with Crippen molar-refractivity contribution in [3.8, 4) is 0 Å². The minimum Gasteiger partial charge on any atom is -0.463 e. The Morgan fingerprint density at radius 2 is 1.80 bits per heavy atom. The normalized spacial score (nSPS) is 11.1. The van der Waals surface area contributed by atoms with Crippen molar-refractivity contribution in [2.45, 2.75) is 33.7 Å². The van der Waals surface area contributed by atoms with E-state index >= 15 is 0 Å². The van der Waals surface area contributed by atoms with Crippen LogP contribution < -0.4 is 5.32 Å². The monoisotopic (exact) mass is 217 g/mol. The topological polar surface area (TPSA) is 47.6 Å². The summed E-state index contributed by atoms with van der Waals surface area (Å²) in [6.07, 6.45) is 0. The number of nitrogens with one attached hydrogen (secondary N) is 1. The van der Waals surface area contributed by atoms with Crippen molar-refractivity contribution in [2.24, 2.45) is 5.92 Å². The van der Waals surface area contributed by atoms with E-state index in [4.69, 9.17) is 9.47 Å². The molecule has 0 aliphatic carbocycles. The second kappa shape index (κ2) is 8.68.